The van der Waals surface area contributed by atoms with Crippen LogP contribution in [0.25, 0.3) is 0 Å². The van der Waals surface area contributed by atoms with Gasteiger partial charge < -0.3 is 5.11 Å². The van der Waals surface area contributed by atoms with Gasteiger partial charge in [-0.25, -0.2) is 0 Å². The van der Waals surface area contributed by atoms with Crippen LogP contribution in [0, 0.1) is 5.41 Å². The van der Waals surface area contributed by atoms with Gasteiger partial charge in [-0.3, -0.25) is 4.90 Å². The van der Waals surface area contributed by atoms with E-state index in [-0.39, 0.29) is 11.5 Å². The third-order valence-corrected chi connectivity index (χ3v) is 5.08. The highest BCUT2D eigenvalue weighted by atomic mass is 16.3. The first kappa shape index (κ1) is 13.4. The molecule has 100 valence electrons. The molecule has 0 bridgehead atoms. The number of likely N-dealkylation sites (N-methyl/N-ethyl adjacent to an activating group) is 1. The molecular weight excluding hydrogens is 210 g/mol. The van der Waals surface area contributed by atoms with Crippen molar-refractivity contribution < 1.29 is 5.11 Å². The summed E-state index contributed by atoms with van der Waals surface area (Å²) in [6.07, 6.45) is 9.08. The average Bonchev–Trinajstić information content (AvgIpc) is 2.59. The van der Waals surface area contributed by atoms with Gasteiger partial charge in [0.1, 0.15) is 0 Å². The molecule has 2 saturated carbocycles. The molecule has 0 heterocycles. The van der Waals surface area contributed by atoms with Crippen LogP contribution in [0.4, 0.5) is 0 Å². The number of aliphatic hydroxyl groups is 1. The van der Waals surface area contributed by atoms with Crippen molar-refractivity contribution >= 4 is 0 Å². The van der Waals surface area contributed by atoms with Crippen molar-refractivity contribution in [3.63, 3.8) is 0 Å². The molecule has 0 amide bonds. The van der Waals surface area contributed by atoms with Crippen molar-refractivity contribution in [3.8, 4) is 0 Å². The quantitative estimate of drug-likeness (QED) is 0.817. The van der Waals surface area contributed by atoms with E-state index in [1.165, 1.54) is 44.9 Å². The minimum Gasteiger partial charge on any atom is -0.391 e. The highest BCUT2D eigenvalue weighted by molar-refractivity contribution is 4.98. The van der Waals surface area contributed by atoms with E-state index in [0.29, 0.717) is 6.04 Å². The normalized spacial score (nSPS) is 34.4. The second kappa shape index (κ2) is 5.27. The highest BCUT2D eigenvalue weighted by Gasteiger charge is 2.44. The maximum atomic E-state index is 10.5. The molecule has 0 aromatic heterocycles. The predicted molar refractivity (Wildman–Crippen MR) is 72.1 cm³/mol. The summed E-state index contributed by atoms with van der Waals surface area (Å²) in [6, 6.07) is 1.15. The van der Waals surface area contributed by atoms with Gasteiger partial charge in [-0.15, -0.1) is 0 Å². The molecule has 2 unspecified atom stereocenters. The Balaban J connectivity index is 2.03. The molecule has 2 rings (SSSR count). The second-order valence-corrected chi connectivity index (χ2v) is 6.66. The van der Waals surface area contributed by atoms with Gasteiger partial charge in [0.15, 0.2) is 0 Å². The van der Waals surface area contributed by atoms with Crippen LogP contribution < -0.4 is 0 Å². The molecule has 0 aromatic carbocycles. The number of rotatable bonds is 3. The third-order valence-electron chi connectivity index (χ3n) is 5.08. The number of nitrogens with zero attached hydrogens (tertiary/aromatic N) is 1. The molecule has 2 aliphatic rings. The highest BCUT2D eigenvalue weighted by Crippen LogP contribution is 2.41. The zero-order chi connectivity index (χ0) is 12.5. The molecule has 0 saturated heterocycles. The van der Waals surface area contributed by atoms with Crippen molar-refractivity contribution in [1.29, 1.82) is 0 Å². The maximum absolute atomic E-state index is 10.5. The Morgan fingerprint density at radius 2 is 1.76 bits per heavy atom. The first-order valence-electron chi connectivity index (χ1n) is 7.50. The van der Waals surface area contributed by atoms with Crippen LogP contribution in [-0.2, 0) is 0 Å². The Morgan fingerprint density at radius 3 is 2.24 bits per heavy atom. The molecule has 2 aliphatic carbocycles. The van der Waals surface area contributed by atoms with Gasteiger partial charge in [0, 0.05) is 12.1 Å². The summed E-state index contributed by atoms with van der Waals surface area (Å²) in [4.78, 5) is 2.61. The summed E-state index contributed by atoms with van der Waals surface area (Å²) < 4.78 is 0. The van der Waals surface area contributed by atoms with Crippen LogP contribution in [0.15, 0.2) is 0 Å². The number of hydrogen-bond donors (Lipinski definition) is 1. The molecule has 1 N–H and O–H groups in total. The van der Waals surface area contributed by atoms with E-state index < -0.39 is 0 Å². The molecule has 0 aliphatic heterocycles. The predicted octanol–water partition coefficient (Wildman–Crippen LogP) is 3.19. The molecule has 2 nitrogen and oxygen atoms in total. The zero-order valence-electron chi connectivity index (χ0n) is 11.8. The third kappa shape index (κ3) is 2.68. The van der Waals surface area contributed by atoms with Gasteiger partial charge in [0.05, 0.1) is 6.10 Å². The standard InChI is InChI=1S/C15H29NO/c1-4-16(12-8-6-5-7-9-12)13-10-11-15(2,3)14(13)17/h12-14,17H,4-11H2,1-3H3. The second-order valence-electron chi connectivity index (χ2n) is 6.66. The fraction of sp³-hybridized carbons (Fsp3) is 1.00. The SMILES string of the molecule is CCN(C1CCCCC1)C1CCC(C)(C)C1O. The Kier molecular flexibility index (Phi) is 4.14. The molecule has 0 aromatic rings. The molecule has 2 fully saturated rings. The summed E-state index contributed by atoms with van der Waals surface area (Å²) in [5.74, 6) is 0. The Hall–Kier alpha value is -0.0800. The first-order valence-corrected chi connectivity index (χ1v) is 7.50. The summed E-state index contributed by atoms with van der Waals surface area (Å²) in [7, 11) is 0. The van der Waals surface area contributed by atoms with Gasteiger partial charge in [0.25, 0.3) is 0 Å². The van der Waals surface area contributed by atoms with E-state index in [1.807, 2.05) is 0 Å². The lowest BCUT2D eigenvalue weighted by Crippen LogP contribution is -2.49. The van der Waals surface area contributed by atoms with Gasteiger partial charge in [-0.05, 0) is 37.6 Å². The molecule has 0 spiro atoms. The van der Waals surface area contributed by atoms with Gasteiger partial charge >= 0.3 is 0 Å². The van der Waals surface area contributed by atoms with Crippen molar-refractivity contribution in [1.82, 2.24) is 4.90 Å². The zero-order valence-corrected chi connectivity index (χ0v) is 11.8. The number of hydrogen-bond acceptors (Lipinski definition) is 2. The monoisotopic (exact) mass is 239 g/mol. The Bertz CT molecular complexity index is 245. The largest absolute Gasteiger partial charge is 0.391 e. The smallest absolute Gasteiger partial charge is 0.0746 e. The van der Waals surface area contributed by atoms with Crippen molar-refractivity contribution in [2.45, 2.75) is 83.9 Å². The van der Waals surface area contributed by atoms with E-state index in [9.17, 15) is 5.11 Å². The van der Waals surface area contributed by atoms with Crippen LogP contribution in [0.1, 0.15) is 65.7 Å². The van der Waals surface area contributed by atoms with Gasteiger partial charge in [0.2, 0.25) is 0 Å². The molecular formula is C15H29NO. The topological polar surface area (TPSA) is 23.5 Å². The summed E-state index contributed by atoms with van der Waals surface area (Å²) in [6.45, 7) is 7.79. The lowest BCUT2D eigenvalue weighted by atomic mass is 9.87. The van der Waals surface area contributed by atoms with E-state index in [0.717, 1.165) is 12.6 Å². The average molecular weight is 239 g/mol. The van der Waals surface area contributed by atoms with Crippen LogP contribution in [-0.4, -0.2) is 34.7 Å². The Morgan fingerprint density at radius 1 is 1.12 bits per heavy atom. The van der Waals surface area contributed by atoms with E-state index >= 15 is 0 Å². The summed E-state index contributed by atoms with van der Waals surface area (Å²) in [5, 5.41) is 10.5. The van der Waals surface area contributed by atoms with Gasteiger partial charge in [-0.2, -0.15) is 0 Å². The lowest BCUT2D eigenvalue weighted by molar-refractivity contribution is -0.00596. The number of aliphatic hydroxyl groups excluding tert-OH is 1. The van der Waals surface area contributed by atoms with E-state index in [2.05, 4.69) is 25.7 Å². The van der Waals surface area contributed by atoms with Crippen molar-refractivity contribution in [2.75, 3.05) is 6.54 Å². The summed E-state index contributed by atoms with van der Waals surface area (Å²) >= 11 is 0. The van der Waals surface area contributed by atoms with E-state index in [1.54, 1.807) is 0 Å². The van der Waals surface area contributed by atoms with Gasteiger partial charge in [-0.1, -0.05) is 40.0 Å². The molecule has 2 heteroatoms. The molecule has 17 heavy (non-hydrogen) atoms. The van der Waals surface area contributed by atoms with Crippen molar-refractivity contribution in [2.24, 2.45) is 5.41 Å². The fourth-order valence-electron chi connectivity index (χ4n) is 3.87. The maximum Gasteiger partial charge on any atom is 0.0746 e. The Labute approximate surface area is 106 Å². The summed E-state index contributed by atoms with van der Waals surface area (Å²) in [5.41, 5.74) is 0.118. The van der Waals surface area contributed by atoms with Crippen LogP contribution in [0.3, 0.4) is 0 Å². The van der Waals surface area contributed by atoms with Crippen LogP contribution >= 0.6 is 0 Å². The van der Waals surface area contributed by atoms with Crippen LogP contribution in [0.2, 0.25) is 0 Å². The lowest BCUT2D eigenvalue weighted by Gasteiger charge is -2.40. The molecule has 0 radical (unpaired) electrons. The van der Waals surface area contributed by atoms with Crippen LogP contribution in [0.5, 0.6) is 0 Å². The minimum atomic E-state index is -0.135. The molecule has 2 atom stereocenters. The fourth-order valence-corrected chi connectivity index (χ4v) is 3.87. The van der Waals surface area contributed by atoms with E-state index in [4.69, 9.17) is 0 Å². The minimum absolute atomic E-state index is 0.118. The first-order chi connectivity index (χ1) is 8.06. The van der Waals surface area contributed by atoms with Crippen molar-refractivity contribution in [3.05, 3.63) is 0 Å².